The van der Waals surface area contributed by atoms with Crippen LogP contribution in [-0.4, -0.2) is 7.11 Å². The molecule has 0 aromatic heterocycles. The molecule has 1 aromatic carbocycles. The molecule has 0 saturated heterocycles. The van der Waals surface area contributed by atoms with Crippen molar-refractivity contribution in [3.63, 3.8) is 0 Å². The Morgan fingerprint density at radius 1 is 1.18 bits per heavy atom. The first-order valence-electron chi connectivity index (χ1n) is 6.35. The maximum absolute atomic E-state index is 5.65. The minimum atomic E-state index is 0.228. The van der Waals surface area contributed by atoms with Gasteiger partial charge in [-0.05, 0) is 30.0 Å². The molecule has 0 amide bonds. The number of methoxy groups -OCH3 is 1. The predicted molar refractivity (Wildman–Crippen MR) is 71.7 cm³/mol. The summed E-state index contributed by atoms with van der Waals surface area (Å²) in [6, 6.07) is 8.34. The molecule has 0 heterocycles. The average molecular weight is 236 g/mol. The molecule has 0 bridgehead atoms. The van der Waals surface area contributed by atoms with Gasteiger partial charge in [0.15, 0.2) is 0 Å². The number of nitrogens with one attached hydrogen (secondary N) is 1. The first kappa shape index (κ1) is 14.0. The molecule has 1 atom stereocenters. The molecule has 1 aromatic rings. The quantitative estimate of drug-likeness (QED) is 0.565. The first-order chi connectivity index (χ1) is 8.24. The first-order valence-corrected chi connectivity index (χ1v) is 6.35. The number of hydrazine groups is 1. The smallest absolute Gasteiger partial charge is 0.118 e. The van der Waals surface area contributed by atoms with Crippen molar-refractivity contribution in [3.05, 3.63) is 29.8 Å². The van der Waals surface area contributed by atoms with Crippen LogP contribution < -0.4 is 16.0 Å². The van der Waals surface area contributed by atoms with Crippen molar-refractivity contribution < 1.29 is 4.74 Å². The number of nitrogens with two attached hydrogens (primary N) is 1. The fraction of sp³-hybridized carbons (Fsp3) is 0.571. The Morgan fingerprint density at radius 3 is 2.18 bits per heavy atom. The lowest BCUT2D eigenvalue weighted by Crippen LogP contribution is -2.29. The van der Waals surface area contributed by atoms with E-state index in [1.165, 1.54) is 18.4 Å². The molecule has 3 heteroatoms. The van der Waals surface area contributed by atoms with Gasteiger partial charge in [-0.3, -0.25) is 11.3 Å². The third-order valence-electron chi connectivity index (χ3n) is 3.44. The summed E-state index contributed by atoms with van der Waals surface area (Å²) in [5.41, 5.74) is 4.14. The Bertz CT molecular complexity index is 307. The summed E-state index contributed by atoms with van der Waals surface area (Å²) < 4.78 is 5.15. The molecule has 1 rings (SSSR count). The maximum atomic E-state index is 5.65. The van der Waals surface area contributed by atoms with E-state index in [1.807, 2.05) is 12.1 Å². The van der Waals surface area contributed by atoms with E-state index in [9.17, 15) is 0 Å². The van der Waals surface area contributed by atoms with Crippen LogP contribution in [0.1, 0.15) is 44.7 Å². The van der Waals surface area contributed by atoms with Crippen molar-refractivity contribution in [1.82, 2.24) is 5.43 Å². The fourth-order valence-electron chi connectivity index (χ4n) is 2.09. The predicted octanol–water partition coefficient (Wildman–Crippen LogP) is 3.03. The molecule has 1 unspecified atom stereocenters. The Hall–Kier alpha value is -1.06. The van der Waals surface area contributed by atoms with Gasteiger partial charge in [0.1, 0.15) is 5.75 Å². The van der Waals surface area contributed by atoms with E-state index in [1.54, 1.807) is 7.11 Å². The van der Waals surface area contributed by atoms with Gasteiger partial charge in [-0.2, -0.15) is 0 Å². The molecular weight excluding hydrogens is 212 g/mol. The lowest BCUT2D eigenvalue weighted by molar-refractivity contribution is 0.374. The van der Waals surface area contributed by atoms with Crippen molar-refractivity contribution in [2.45, 2.75) is 39.2 Å². The van der Waals surface area contributed by atoms with Gasteiger partial charge in [-0.15, -0.1) is 0 Å². The summed E-state index contributed by atoms with van der Waals surface area (Å²) in [7, 11) is 1.68. The third-order valence-corrected chi connectivity index (χ3v) is 3.44. The van der Waals surface area contributed by atoms with E-state index >= 15 is 0 Å². The Labute approximate surface area is 104 Å². The van der Waals surface area contributed by atoms with E-state index < -0.39 is 0 Å². The second-order valence-corrected chi connectivity index (χ2v) is 4.41. The summed E-state index contributed by atoms with van der Waals surface area (Å²) in [6.45, 7) is 4.46. The molecule has 3 nitrogen and oxygen atoms in total. The summed E-state index contributed by atoms with van der Waals surface area (Å²) >= 11 is 0. The molecule has 0 aliphatic carbocycles. The Morgan fingerprint density at radius 2 is 1.76 bits per heavy atom. The number of benzene rings is 1. The fourth-order valence-corrected chi connectivity index (χ4v) is 2.09. The minimum absolute atomic E-state index is 0.228. The van der Waals surface area contributed by atoms with Crippen molar-refractivity contribution in [3.8, 4) is 5.75 Å². The van der Waals surface area contributed by atoms with E-state index in [2.05, 4.69) is 31.4 Å². The highest BCUT2D eigenvalue weighted by atomic mass is 16.5. The van der Waals surface area contributed by atoms with Gasteiger partial charge >= 0.3 is 0 Å². The van der Waals surface area contributed by atoms with Crippen molar-refractivity contribution >= 4 is 0 Å². The second kappa shape index (κ2) is 7.30. The summed E-state index contributed by atoms with van der Waals surface area (Å²) in [6.07, 6.45) is 3.48. The van der Waals surface area contributed by atoms with Crippen LogP contribution in [0.3, 0.4) is 0 Å². The normalized spacial score (nSPS) is 12.8. The number of rotatable bonds is 7. The number of hydrogen-bond donors (Lipinski definition) is 2. The van der Waals surface area contributed by atoms with Gasteiger partial charge in [0.2, 0.25) is 0 Å². The summed E-state index contributed by atoms with van der Waals surface area (Å²) in [5.74, 6) is 7.25. The van der Waals surface area contributed by atoms with Gasteiger partial charge in [-0.1, -0.05) is 38.8 Å². The zero-order valence-electron chi connectivity index (χ0n) is 11.1. The van der Waals surface area contributed by atoms with Crippen LogP contribution in [0.5, 0.6) is 5.75 Å². The van der Waals surface area contributed by atoms with Crippen LogP contribution in [0.15, 0.2) is 24.3 Å². The lowest BCUT2D eigenvalue weighted by Gasteiger charge is -2.21. The van der Waals surface area contributed by atoms with Gasteiger partial charge in [-0.25, -0.2) is 0 Å². The number of hydrogen-bond acceptors (Lipinski definition) is 3. The molecule has 0 saturated carbocycles. The summed E-state index contributed by atoms with van der Waals surface area (Å²) in [4.78, 5) is 0. The molecule has 0 fully saturated rings. The Kier molecular flexibility index (Phi) is 6.01. The average Bonchev–Trinajstić information content (AvgIpc) is 2.40. The largest absolute Gasteiger partial charge is 0.497 e. The minimum Gasteiger partial charge on any atom is -0.497 e. The van der Waals surface area contributed by atoms with Crippen LogP contribution in [-0.2, 0) is 0 Å². The second-order valence-electron chi connectivity index (χ2n) is 4.41. The summed E-state index contributed by atoms with van der Waals surface area (Å²) in [5, 5.41) is 0. The SMILES string of the molecule is CCC(CC)CC(NN)c1ccc(OC)cc1. The topological polar surface area (TPSA) is 47.3 Å². The van der Waals surface area contributed by atoms with Gasteiger partial charge in [0.05, 0.1) is 7.11 Å². The maximum Gasteiger partial charge on any atom is 0.118 e. The van der Waals surface area contributed by atoms with Crippen LogP contribution in [0.4, 0.5) is 0 Å². The highest BCUT2D eigenvalue weighted by Crippen LogP contribution is 2.25. The standard InChI is InChI=1S/C14H24N2O/c1-4-11(5-2)10-14(16-15)12-6-8-13(17-3)9-7-12/h6-9,11,14,16H,4-5,10,15H2,1-3H3. The molecule has 17 heavy (non-hydrogen) atoms. The van der Waals surface area contributed by atoms with Crippen molar-refractivity contribution in [1.29, 1.82) is 0 Å². The van der Waals surface area contributed by atoms with Crippen molar-refractivity contribution in [2.75, 3.05) is 7.11 Å². The van der Waals surface area contributed by atoms with Crippen molar-refractivity contribution in [2.24, 2.45) is 11.8 Å². The molecular formula is C14H24N2O. The zero-order chi connectivity index (χ0) is 12.7. The van der Waals surface area contributed by atoms with Crippen LogP contribution in [0.2, 0.25) is 0 Å². The van der Waals surface area contributed by atoms with Gasteiger partial charge < -0.3 is 4.74 Å². The molecule has 0 spiro atoms. The molecule has 0 radical (unpaired) electrons. The molecule has 0 aliphatic rings. The highest BCUT2D eigenvalue weighted by molar-refractivity contribution is 5.29. The highest BCUT2D eigenvalue weighted by Gasteiger charge is 2.14. The Balaban J connectivity index is 2.71. The van der Waals surface area contributed by atoms with Gasteiger partial charge in [0, 0.05) is 6.04 Å². The van der Waals surface area contributed by atoms with Crippen LogP contribution in [0, 0.1) is 5.92 Å². The van der Waals surface area contributed by atoms with E-state index in [-0.39, 0.29) is 6.04 Å². The zero-order valence-corrected chi connectivity index (χ0v) is 11.1. The van der Waals surface area contributed by atoms with Crippen LogP contribution in [0.25, 0.3) is 0 Å². The molecule has 3 N–H and O–H groups in total. The molecule has 0 aliphatic heterocycles. The van der Waals surface area contributed by atoms with Gasteiger partial charge in [0.25, 0.3) is 0 Å². The molecule has 96 valence electrons. The lowest BCUT2D eigenvalue weighted by atomic mass is 9.91. The van der Waals surface area contributed by atoms with E-state index in [4.69, 9.17) is 10.6 Å². The third kappa shape index (κ3) is 4.02. The monoisotopic (exact) mass is 236 g/mol. The van der Waals surface area contributed by atoms with E-state index in [0.29, 0.717) is 0 Å². The van der Waals surface area contributed by atoms with Crippen LogP contribution >= 0.6 is 0 Å². The number of ether oxygens (including phenoxy) is 1. The van der Waals surface area contributed by atoms with E-state index in [0.717, 1.165) is 18.1 Å².